The Labute approximate surface area is 118 Å². The minimum absolute atomic E-state index is 0.215. The molecule has 8 heteroatoms. The maximum Gasteiger partial charge on any atom is 0.465 e. The molecule has 0 spiro atoms. The highest BCUT2D eigenvalue weighted by Gasteiger charge is 2.28. The number of esters is 1. The van der Waals surface area contributed by atoms with Gasteiger partial charge in [0.15, 0.2) is 0 Å². The Kier molecular flexibility index (Phi) is 6.76. The van der Waals surface area contributed by atoms with E-state index >= 15 is 0 Å². The van der Waals surface area contributed by atoms with E-state index in [-0.39, 0.29) is 6.61 Å². The van der Waals surface area contributed by atoms with Gasteiger partial charge in [-0.1, -0.05) is 0 Å². The lowest BCUT2D eigenvalue weighted by Gasteiger charge is -2.23. The third-order valence-corrected chi connectivity index (χ3v) is 2.58. The van der Waals surface area contributed by atoms with E-state index in [2.05, 4.69) is 5.48 Å². The summed E-state index contributed by atoms with van der Waals surface area (Å²) in [5, 5.41) is 8.94. The largest absolute Gasteiger partial charge is 0.465 e. The second kappa shape index (κ2) is 8.35. The molecule has 1 aliphatic rings. The summed E-state index contributed by atoms with van der Waals surface area (Å²) in [5.41, 5.74) is 2.44. The van der Waals surface area contributed by atoms with Crippen molar-refractivity contribution in [2.75, 3.05) is 47.0 Å². The van der Waals surface area contributed by atoms with Gasteiger partial charge in [-0.15, -0.1) is 5.48 Å². The Hall–Kier alpha value is -1.85. The number of nitrogens with one attached hydrogen (secondary N) is 1. The van der Waals surface area contributed by atoms with Crippen molar-refractivity contribution in [3.8, 4) is 6.07 Å². The third-order valence-electron chi connectivity index (χ3n) is 2.58. The van der Waals surface area contributed by atoms with Crippen molar-refractivity contribution < 1.29 is 23.7 Å². The van der Waals surface area contributed by atoms with E-state index in [1.165, 1.54) is 0 Å². The smallest absolute Gasteiger partial charge is 0.464 e. The van der Waals surface area contributed by atoms with Gasteiger partial charge in [0.05, 0.1) is 40.0 Å². The molecule has 0 aliphatic carbocycles. The van der Waals surface area contributed by atoms with Crippen molar-refractivity contribution >= 4 is 12.0 Å². The van der Waals surface area contributed by atoms with Gasteiger partial charge in [0, 0.05) is 0 Å². The first-order valence-electron chi connectivity index (χ1n) is 6.45. The normalized spacial score (nSPS) is 16.0. The van der Waals surface area contributed by atoms with Crippen LogP contribution in [0.5, 0.6) is 0 Å². The topological polar surface area (TPSA) is 86.8 Å². The Bertz CT molecular complexity index is 395. The number of nitriles is 1. The summed E-state index contributed by atoms with van der Waals surface area (Å²) in [6, 6.07) is 1.16. The molecule has 1 saturated heterocycles. The number of hydrogen-bond acceptors (Lipinski definition) is 6. The van der Waals surface area contributed by atoms with Gasteiger partial charge < -0.3 is 14.3 Å². The fourth-order valence-electron chi connectivity index (χ4n) is 1.66. The molecule has 8 nitrogen and oxygen atoms in total. The SMILES string of the molecule is CCOC(=O)C(C#N)NOC(N1CCOCC1)=[N+](C)C. The van der Waals surface area contributed by atoms with Crippen LogP contribution in [0.25, 0.3) is 0 Å². The van der Waals surface area contributed by atoms with Gasteiger partial charge in [-0.2, -0.15) is 5.26 Å². The number of amidine groups is 1. The number of carbonyl (C=O) groups excluding carboxylic acids is 1. The van der Waals surface area contributed by atoms with Gasteiger partial charge in [0.25, 0.3) is 0 Å². The highest BCUT2D eigenvalue weighted by atomic mass is 16.7. The number of rotatable bonds is 4. The lowest BCUT2D eigenvalue weighted by molar-refractivity contribution is -0.483. The first-order chi connectivity index (χ1) is 9.60. The molecule has 0 amide bonds. The van der Waals surface area contributed by atoms with Crippen molar-refractivity contribution in [3.05, 3.63) is 0 Å². The van der Waals surface area contributed by atoms with E-state index in [4.69, 9.17) is 19.6 Å². The Morgan fingerprint density at radius 1 is 1.50 bits per heavy atom. The summed E-state index contributed by atoms with van der Waals surface area (Å²) >= 11 is 0. The lowest BCUT2D eigenvalue weighted by atomic mass is 10.3. The number of carbonyl (C=O) groups is 1. The van der Waals surface area contributed by atoms with Gasteiger partial charge in [0.2, 0.25) is 6.04 Å². The molecule has 1 N–H and O–H groups in total. The summed E-state index contributed by atoms with van der Waals surface area (Å²) in [5.74, 6) is -0.657. The third kappa shape index (κ3) is 4.68. The summed E-state index contributed by atoms with van der Waals surface area (Å²) in [6.45, 7) is 4.49. The van der Waals surface area contributed by atoms with Gasteiger partial charge in [0.1, 0.15) is 13.1 Å². The predicted octanol–water partition coefficient (Wildman–Crippen LogP) is -1.08. The van der Waals surface area contributed by atoms with E-state index < -0.39 is 12.0 Å². The molecule has 0 bridgehead atoms. The summed E-state index contributed by atoms with van der Waals surface area (Å²) in [7, 11) is 3.64. The minimum atomic E-state index is -1.16. The molecule has 1 rings (SSSR count). The summed E-state index contributed by atoms with van der Waals surface area (Å²) in [4.78, 5) is 18.9. The molecule has 1 heterocycles. The molecule has 1 atom stereocenters. The molecule has 0 aromatic heterocycles. The maximum absolute atomic E-state index is 11.5. The van der Waals surface area contributed by atoms with Crippen molar-refractivity contribution in [3.63, 3.8) is 0 Å². The number of hydrogen-bond donors (Lipinski definition) is 1. The van der Waals surface area contributed by atoms with Gasteiger partial charge in [-0.05, 0) is 6.92 Å². The van der Waals surface area contributed by atoms with Crippen LogP contribution in [0.3, 0.4) is 0 Å². The number of nitrogens with zero attached hydrogens (tertiary/aromatic N) is 3. The Morgan fingerprint density at radius 3 is 2.65 bits per heavy atom. The van der Waals surface area contributed by atoms with E-state index in [0.717, 1.165) is 0 Å². The Morgan fingerprint density at radius 2 is 2.15 bits per heavy atom. The zero-order valence-corrected chi connectivity index (χ0v) is 12.1. The standard InChI is InChI=1S/C12H21N4O4/c1-4-19-11(17)10(9-13)14-20-12(15(2)3)16-5-7-18-8-6-16/h10,14H,4-8H2,1-3H3/q+1. The van der Waals surface area contributed by atoms with Crippen LogP contribution in [-0.4, -0.2) is 74.5 Å². The van der Waals surface area contributed by atoms with Gasteiger partial charge >= 0.3 is 12.0 Å². The van der Waals surface area contributed by atoms with Crippen LogP contribution in [0.15, 0.2) is 0 Å². The molecule has 0 radical (unpaired) electrons. The first kappa shape index (κ1) is 16.2. The van der Waals surface area contributed by atoms with Gasteiger partial charge in [-0.3, -0.25) is 0 Å². The van der Waals surface area contributed by atoms with E-state index in [9.17, 15) is 4.79 Å². The van der Waals surface area contributed by atoms with Crippen molar-refractivity contribution in [1.29, 1.82) is 5.26 Å². The fraction of sp³-hybridized carbons (Fsp3) is 0.750. The van der Waals surface area contributed by atoms with Crippen LogP contribution in [0.2, 0.25) is 0 Å². The van der Waals surface area contributed by atoms with Crippen molar-refractivity contribution in [1.82, 2.24) is 10.4 Å². The van der Waals surface area contributed by atoms with Crippen LogP contribution < -0.4 is 5.48 Å². The predicted molar refractivity (Wildman–Crippen MR) is 69.8 cm³/mol. The van der Waals surface area contributed by atoms with Crippen LogP contribution in [-0.2, 0) is 19.1 Å². The molecule has 0 aromatic carbocycles. The first-order valence-corrected chi connectivity index (χ1v) is 6.45. The van der Waals surface area contributed by atoms with E-state index in [1.54, 1.807) is 17.6 Å². The number of ether oxygens (including phenoxy) is 2. The zero-order chi connectivity index (χ0) is 15.0. The second-order valence-corrected chi connectivity index (χ2v) is 4.31. The maximum atomic E-state index is 11.5. The highest BCUT2D eigenvalue weighted by molar-refractivity contribution is 5.79. The fourth-order valence-corrected chi connectivity index (χ4v) is 1.66. The number of morpholine rings is 1. The molecule has 112 valence electrons. The van der Waals surface area contributed by atoms with Crippen LogP contribution in [0.1, 0.15) is 6.92 Å². The molecule has 1 unspecified atom stereocenters. The van der Waals surface area contributed by atoms with Crippen LogP contribution in [0, 0.1) is 11.3 Å². The quantitative estimate of drug-likeness (QED) is 0.231. The number of hydroxylamine groups is 1. The Balaban J connectivity index is 2.61. The minimum Gasteiger partial charge on any atom is -0.464 e. The molecule has 1 fully saturated rings. The molecule has 20 heavy (non-hydrogen) atoms. The van der Waals surface area contributed by atoms with Crippen molar-refractivity contribution in [2.24, 2.45) is 0 Å². The van der Waals surface area contributed by atoms with E-state index in [0.29, 0.717) is 32.3 Å². The second-order valence-electron chi connectivity index (χ2n) is 4.31. The average molecular weight is 285 g/mol. The highest BCUT2D eigenvalue weighted by Crippen LogP contribution is 1.99. The van der Waals surface area contributed by atoms with Crippen molar-refractivity contribution in [2.45, 2.75) is 13.0 Å². The average Bonchev–Trinajstić information content (AvgIpc) is 2.44. The molecule has 0 saturated carbocycles. The van der Waals surface area contributed by atoms with Crippen LogP contribution >= 0.6 is 0 Å². The van der Waals surface area contributed by atoms with E-state index in [1.807, 2.05) is 19.0 Å². The molecule has 0 aromatic rings. The zero-order valence-electron chi connectivity index (χ0n) is 12.1. The summed E-state index contributed by atoms with van der Waals surface area (Å²) in [6.07, 6.45) is 0. The van der Waals surface area contributed by atoms with Gasteiger partial charge in [-0.25, -0.2) is 14.3 Å². The van der Waals surface area contributed by atoms with Crippen LogP contribution in [0.4, 0.5) is 0 Å². The summed E-state index contributed by atoms with van der Waals surface area (Å²) < 4.78 is 11.8. The lowest BCUT2D eigenvalue weighted by Crippen LogP contribution is -2.49. The molecular formula is C12H21N4O4+. The molecular weight excluding hydrogens is 264 g/mol. The monoisotopic (exact) mass is 285 g/mol. The molecule has 1 aliphatic heterocycles.